The number of carbonyl (C=O) groups is 1. The van der Waals surface area contributed by atoms with E-state index < -0.39 is 4.92 Å². The molecule has 180 valence electrons. The highest BCUT2D eigenvalue weighted by Crippen LogP contribution is 2.28. The average molecular weight is 501 g/mol. The number of amides is 1. The first-order valence-corrected chi connectivity index (χ1v) is 12.1. The number of para-hydroxylation sites is 1. The van der Waals surface area contributed by atoms with Gasteiger partial charge in [0.05, 0.1) is 22.8 Å². The van der Waals surface area contributed by atoms with Crippen molar-refractivity contribution in [3.63, 3.8) is 0 Å². The maximum absolute atomic E-state index is 12.6. The molecule has 0 saturated heterocycles. The molecule has 0 radical (unpaired) electrons. The number of carbonyl (C=O) groups excluding carboxylic acids is 1. The lowest BCUT2D eigenvalue weighted by atomic mass is 10.2. The van der Waals surface area contributed by atoms with Crippen LogP contribution in [-0.4, -0.2) is 42.8 Å². The molecule has 36 heavy (non-hydrogen) atoms. The highest BCUT2D eigenvalue weighted by Gasteiger charge is 2.17. The third-order valence-corrected chi connectivity index (χ3v) is 6.17. The molecule has 0 aliphatic rings. The number of nitro groups is 1. The van der Waals surface area contributed by atoms with Crippen molar-refractivity contribution in [2.75, 3.05) is 17.7 Å². The van der Waals surface area contributed by atoms with E-state index >= 15 is 0 Å². The van der Waals surface area contributed by atoms with Gasteiger partial charge in [0, 0.05) is 28.8 Å². The van der Waals surface area contributed by atoms with Gasteiger partial charge in [-0.3, -0.25) is 14.9 Å². The smallest absolute Gasteiger partial charge is 0.270 e. The Balaban J connectivity index is 1.43. The summed E-state index contributed by atoms with van der Waals surface area (Å²) in [4.78, 5) is 32.7. The number of nitrogens with zero attached hydrogens (tertiary/aromatic N) is 5. The van der Waals surface area contributed by atoms with Crippen molar-refractivity contribution >= 4 is 45.6 Å². The number of hydrogen-bond donors (Lipinski definition) is 1. The van der Waals surface area contributed by atoms with Crippen LogP contribution in [0.15, 0.2) is 78.0 Å². The number of anilines is 1. The maximum Gasteiger partial charge on any atom is 0.270 e. The van der Waals surface area contributed by atoms with Crippen LogP contribution in [0.2, 0.25) is 0 Å². The Morgan fingerprint density at radius 3 is 2.67 bits per heavy atom. The number of benzene rings is 3. The first kappa shape index (κ1) is 23.2. The molecule has 0 aliphatic heterocycles. The van der Waals surface area contributed by atoms with Gasteiger partial charge in [-0.05, 0) is 43.3 Å². The van der Waals surface area contributed by atoms with E-state index in [1.165, 1.54) is 23.9 Å². The van der Waals surface area contributed by atoms with Crippen molar-refractivity contribution in [3.05, 3.63) is 82.9 Å². The molecule has 0 aliphatic carbocycles. The minimum absolute atomic E-state index is 0.0464. The molecule has 2 heterocycles. The van der Waals surface area contributed by atoms with Crippen molar-refractivity contribution in [1.29, 1.82) is 0 Å². The summed E-state index contributed by atoms with van der Waals surface area (Å²) >= 11 is 1.22. The second-order valence-electron chi connectivity index (χ2n) is 7.68. The van der Waals surface area contributed by atoms with Crippen molar-refractivity contribution in [2.45, 2.75) is 12.1 Å². The topological polar surface area (TPSA) is 125 Å². The number of fused-ring (bicyclic) bond motifs is 3. The molecule has 3 aromatic carbocycles. The van der Waals surface area contributed by atoms with Gasteiger partial charge < -0.3 is 10.1 Å². The summed E-state index contributed by atoms with van der Waals surface area (Å²) in [5.74, 6) is 0.960. The van der Waals surface area contributed by atoms with Crippen LogP contribution in [0.3, 0.4) is 0 Å². The largest absolute Gasteiger partial charge is 0.494 e. The lowest BCUT2D eigenvalue weighted by molar-refractivity contribution is -0.384. The van der Waals surface area contributed by atoms with Gasteiger partial charge in [-0.2, -0.15) is 4.52 Å². The Morgan fingerprint density at radius 1 is 1.08 bits per heavy atom. The summed E-state index contributed by atoms with van der Waals surface area (Å²) < 4.78 is 7.00. The number of rotatable bonds is 8. The summed E-state index contributed by atoms with van der Waals surface area (Å²) in [7, 11) is 0. The fourth-order valence-corrected chi connectivity index (χ4v) is 4.38. The first-order valence-electron chi connectivity index (χ1n) is 11.1. The van der Waals surface area contributed by atoms with Crippen LogP contribution >= 0.6 is 11.8 Å². The zero-order valence-corrected chi connectivity index (χ0v) is 19.9. The van der Waals surface area contributed by atoms with E-state index in [2.05, 4.69) is 20.4 Å². The summed E-state index contributed by atoms with van der Waals surface area (Å²) in [6.45, 7) is 2.48. The molecule has 11 heteroatoms. The minimum Gasteiger partial charge on any atom is -0.494 e. The van der Waals surface area contributed by atoms with Crippen LogP contribution in [0.4, 0.5) is 11.4 Å². The number of nitrogens with one attached hydrogen (secondary N) is 1. The third kappa shape index (κ3) is 4.82. The molecule has 2 aromatic heterocycles. The van der Waals surface area contributed by atoms with Gasteiger partial charge >= 0.3 is 0 Å². The normalized spacial score (nSPS) is 11.0. The molecule has 5 rings (SSSR count). The minimum atomic E-state index is -0.458. The quantitative estimate of drug-likeness (QED) is 0.137. The van der Waals surface area contributed by atoms with E-state index in [0.717, 1.165) is 11.1 Å². The molecular weight excluding hydrogens is 480 g/mol. The van der Waals surface area contributed by atoms with E-state index in [9.17, 15) is 14.9 Å². The predicted molar refractivity (Wildman–Crippen MR) is 137 cm³/mol. The van der Waals surface area contributed by atoms with Crippen LogP contribution < -0.4 is 10.1 Å². The van der Waals surface area contributed by atoms with Crippen LogP contribution in [0.1, 0.15) is 6.92 Å². The molecule has 0 atom stereocenters. The molecule has 1 N–H and O–H groups in total. The van der Waals surface area contributed by atoms with Gasteiger partial charge in [0.2, 0.25) is 5.91 Å². The van der Waals surface area contributed by atoms with Gasteiger partial charge in [-0.1, -0.05) is 36.0 Å². The van der Waals surface area contributed by atoms with Crippen molar-refractivity contribution in [2.24, 2.45) is 0 Å². The molecule has 0 saturated carbocycles. The van der Waals surface area contributed by atoms with E-state index in [1.54, 1.807) is 40.9 Å². The SMILES string of the molecule is CCOc1ccc(NC(=O)CSc2nc3ccccc3c3nc(-c4cccc([N+](=O)[O-])c4)nn23)cc1. The van der Waals surface area contributed by atoms with E-state index in [-0.39, 0.29) is 17.3 Å². The van der Waals surface area contributed by atoms with E-state index in [4.69, 9.17) is 4.74 Å². The highest BCUT2D eigenvalue weighted by molar-refractivity contribution is 7.99. The van der Waals surface area contributed by atoms with Crippen molar-refractivity contribution in [3.8, 4) is 17.1 Å². The Hall–Kier alpha value is -4.51. The monoisotopic (exact) mass is 500 g/mol. The molecule has 10 nitrogen and oxygen atoms in total. The average Bonchev–Trinajstić information content (AvgIpc) is 3.35. The Kier molecular flexibility index (Phi) is 6.46. The molecule has 0 unspecified atom stereocenters. The third-order valence-electron chi connectivity index (χ3n) is 5.25. The van der Waals surface area contributed by atoms with Gasteiger partial charge in [-0.15, -0.1) is 5.10 Å². The first-order chi connectivity index (χ1) is 17.5. The molecular formula is C25H20N6O4S. The van der Waals surface area contributed by atoms with Crippen LogP contribution in [0.25, 0.3) is 27.9 Å². The molecule has 1 amide bonds. The van der Waals surface area contributed by atoms with Crippen LogP contribution in [0.5, 0.6) is 5.75 Å². The Morgan fingerprint density at radius 2 is 1.89 bits per heavy atom. The Bertz CT molecular complexity index is 1590. The van der Waals surface area contributed by atoms with Crippen LogP contribution in [-0.2, 0) is 4.79 Å². The maximum atomic E-state index is 12.6. The van der Waals surface area contributed by atoms with E-state index in [0.29, 0.717) is 40.0 Å². The second-order valence-corrected chi connectivity index (χ2v) is 8.63. The fraction of sp³-hybridized carbons (Fsp3) is 0.120. The summed E-state index contributed by atoms with van der Waals surface area (Å²) in [5, 5.41) is 19.9. The van der Waals surface area contributed by atoms with Crippen molar-refractivity contribution < 1.29 is 14.5 Å². The standard InChI is InChI=1S/C25H20N6O4S/c1-2-35-19-12-10-17(11-13-19)26-22(32)15-36-25-27-21-9-4-3-8-20(21)24-28-23(29-30(24)25)16-6-5-7-18(14-16)31(33)34/h3-14H,2,15H2,1H3,(H,26,32). The van der Waals surface area contributed by atoms with Gasteiger partial charge in [0.15, 0.2) is 16.6 Å². The zero-order chi connectivity index (χ0) is 25.1. The summed E-state index contributed by atoms with van der Waals surface area (Å²) in [6, 6.07) is 20.8. The molecule has 0 spiro atoms. The fourth-order valence-electron chi connectivity index (χ4n) is 3.63. The second kappa shape index (κ2) is 10.0. The van der Waals surface area contributed by atoms with Crippen molar-refractivity contribution in [1.82, 2.24) is 19.6 Å². The number of ether oxygens (including phenoxy) is 1. The number of nitro benzene ring substituents is 1. The highest BCUT2D eigenvalue weighted by atomic mass is 32.2. The molecule has 5 aromatic rings. The molecule has 0 bridgehead atoms. The van der Waals surface area contributed by atoms with Gasteiger partial charge in [0.25, 0.3) is 5.69 Å². The summed E-state index contributed by atoms with van der Waals surface area (Å²) in [5.41, 5.74) is 2.39. The zero-order valence-electron chi connectivity index (χ0n) is 19.1. The van der Waals surface area contributed by atoms with Gasteiger partial charge in [0.1, 0.15) is 5.75 Å². The predicted octanol–water partition coefficient (Wildman–Crippen LogP) is 4.98. The Labute approximate surface area is 209 Å². The number of non-ortho nitro benzene ring substituents is 1. The lowest BCUT2D eigenvalue weighted by Gasteiger charge is -2.08. The number of aromatic nitrogens is 4. The summed E-state index contributed by atoms with van der Waals surface area (Å²) in [6.07, 6.45) is 0. The number of thioether (sulfide) groups is 1. The van der Waals surface area contributed by atoms with Gasteiger partial charge in [-0.25, -0.2) is 9.97 Å². The van der Waals surface area contributed by atoms with E-state index in [1.807, 2.05) is 31.2 Å². The molecule has 0 fully saturated rings. The van der Waals surface area contributed by atoms with Crippen LogP contribution in [0, 0.1) is 10.1 Å². The lowest BCUT2D eigenvalue weighted by Crippen LogP contribution is -2.14. The number of hydrogen-bond acceptors (Lipinski definition) is 8.